The first-order valence-electron chi connectivity index (χ1n) is 5.69. The normalized spacial score (nSPS) is 12.9. The van der Waals surface area contributed by atoms with Crippen molar-refractivity contribution in [3.63, 3.8) is 0 Å². The smallest absolute Gasteiger partial charge is 0.328 e. The topological polar surface area (TPSA) is 108 Å². The molecular formula is C11H22N2O5. The lowest BCUT2D eigenvalue weighted by Crippen LogP contribution is -2.49. The zero-order valence-electron chi connectivity index (χ0n) is 11.0. The number of methoxy groups -OCH3 is 1. The molecule has 0 aliphatic carbocycles. The number of aliphatic hydroxyl groups excluding tert-OH is 1. The largest absolute Gasteiger partial charge is 0.480 e. The van der Waals surface area contributed by atoms with Crippen LogP contribution in [0.4, 0.5) is 4.79 Å². The Morgan fingerprint density at radius 1 is 1.39 bits per heavy atom. The lowest BCUT2D eigenvalue weighted by atomic mass is 9.90. The van der Waals surface area contributed by atoms with Crippen molar-refractivity contribution in [2.75, 3.05) is 26.9 Å². The van der Waals surface area contributed by atoms with Gasteiger partial charge in [0.25, 0.3) is 0 Å². The molecule has 0 aromatic heterocycles. The summed E-state index contributed by atoms with van der Waals surface area (Å²) in [5, 5.41) is 22.1. The highest BCUT2D eigenvalue weighted by Gasteiger charge is 2.21. The molecule has 0 aliphatic rings. The Kier molecular flexibility index (Phi) is 7.30. The van der Waals surface area contributed by atoms with Crippen LogP contribution in [0.5, 0.6) is 0 Å². The lowest BCUT2D eigenvalue weighted by Gasteiger charge is -2.25. The van der Waals surface area contributed by atoms with Crippen molar-refractivity contribution >= 4 is 12.0 Å². The minimum Gasteiger partial charge on any atom is -0.480 e. The highest BCUT2D eigenvalue weighted by atomic mass is 16.5. The number of hydrogen-bond acceptors (Lipinski definition) is 4. The van der Waals surface area contributed by atoms with E-state index < -0.39 is 24.6 Å². The number of aliphatic hydroxyl groups is 1. The van der Waals surface area contributed by atoms with Crippen molar-refractivity contribution in [2.45, 2.75) is 26.3 Å². The molecule has 0 bridgehead atoms. The number of nitrogens with one attached hydrogen (secondary N) is 2. The molecule has 0 heterocycles. The molecule has 0 aliphatic heterocycles. The van der Waals surface area contributed by atoms with Crippen molar-refractivity contribution < 1.29 is 24.5 Å². The van der Waals surface area contributed by atoms with Gasteiger partial charge in [0.2, 0.25) is 0 Å². The van der Waals surface area contributed by atoms with Crippen LogP contribution < -0.4 is 10.6 Å². The standard InChI is InChI=1S/C11H22N2O5/c1-11(2,4-5-18-3)7-12-10(17)13-8(6-14)9(15)16/h8,14H,4-7H2,1-3H3,(H,15,16)(H2,12,13,17). The molecule has 0 aromatic rings. The number of urea groups is 1. The molecule has 4 N–H and O–H groups in total. The van der Waals surface area contributed by atoms with Gasteiger partial charge in [0.15, 0.2) is 6.04 Å². The number of amides is 2. The second kappa shape index (κ2) is 7.88. The van der Waals surface area contributed by atoms with Gasteiger partial charge >= 0.3 is 12.0 Å². The molecule has 0 saturated carbocycles. The van der Waals surface area contributed by atoms with E-state index >= 15 is 0 Å². The van der Waals surface area contributed by atoms with Crippen molar-refractivity contribution in [3.05, 3.63) is 0 Å². The molecule has 18 heavy (non-hydrogen) atoms. The summed E-state index contributed by atoms with van der Waals surface area (Å²) in [5.74, 6) is -1.27. The second-order valence-electron chi connectivity index (χ2n) is 4.81. The number of hydrogen-bond donors (Lipinski definition) is 4. The van der Waals surface area contributed by atoms with E-state index in [-0.39, 0.29) is 5.41 Å². The van der Waals surface area contributed by atoms with Gasteiger partial charge in [-0.05, 0) is 11.8 Å². The fourth-order valence-electron chi connectivity index (χ4n) is 1.18. The van der Waals surface area contributed by atoms with Crippen LogP contribution in [0.25, 0.3) is 0 Å². The summed E-state index contributed by atoms with van der Waals surface area (Å²) >= 11 is 0. The van der Waals surface area contributed by atoms with Crippen LogP contribution in [-0.2, 0) is 9.53 Å². The van der Waals surface area contributed by atoms with Gasteiger partial charge in [0.05, 0.1) is 6.61 Å². The third kappa shape index (κ3) is 7.08. The van der Waals surface area contributed by atoms with E-state index in [2.05, 4.69) is 10.6 Å². The van der Waals surface area contributed by atoms with Gasteiger partial charge in [-0.15, -0.1) is 0 Å². The average Bonchev–Trinajstić information content (AvgIpc) is 2.30. The van der Waals surface area contributed by atoms with Gasteiger partial charge in [0, 0.05) is 20.3 Å². The number of ether oxygens (including phenoxy) is 1. The number of rotatable bonds is 8. The van der Waals surface area contributed by atoms with Gasteiger partial charge in [-0.25, -0.2) is 9.59 Å². The van der Waals surface area contributed by atoms with Gasteiger partial charge < -0.3 is 25.6 Å². The summed E-state index contributed by atoms with van der Waals surface area (Å²) in [6, 6.07) is -1.89. The molecular weight excluding hydrogens is 240 g/mol. The fourth-order valence-corrected chi connectivity index (χ4v) is 1.18. The van der Waals surface area contributed by atoms with E-state index in [1.54, 1.807) is 7.11 Å². The van der Waals surface area contributed by atoms with Crippen LogP contribution in [0, 0.1) is 5.41 Å². The Balaban J connectivity index is 4.05. The molecule has 106 valence electrons. The molecule has 7 heteroatoms. The van der Waals surface area contributed by atoms with Crippen LogP contribution in [0.3, 0.4) is 0 Å². The van der Waals surface area contributed by atoms with Gasteiger partial charge in [-0.1, -0.05) is 13.8 Å². The average molecular weight is 262 g/mol. The Bertz CT molecular complexity index is 281. The molecule has 1 atom stereocenters. The Morgan fingerprint density at radius 3 is 2.44 bits per heavy atom. The first-order valence-corrected chi connectivity index (χ1v) is 5.69. The molecule has 0 saturated heterocycles. The second-order valence-corrected chi connectivity index (χ2v) is 4.81. The fraction of sp³-hybridized carbons (Fsp3) is 0.818. The molecule has 2 amide bonds. The van der Waals surface area contributed by atoms with Crippen LogP contribution in [0.1, 0.15) is 20.3 Å². The van der Waals surface area contributed by atoms with E-state index in [4.69, 9.17) is 14.9 Å². The van der Waals surface area contributed by atoms with Crippen LogP contribution in [-0.4, -0.2) is 55.1 Å². The van der Waals surface area contributed by atoms with Crippen LogP contribution >= 0.6 is 0 Å². The summed E-state index contributed by atoms with van der Waals surface area (Å²) in [5.41, 5.74) is -0.148. The maximum Gasteiger partial charge on any atom is 0.328 e. The maximum absolute atomic E-state index is 11.4. The van der Waals surface area contributed by atoms with Gasteiger partial charge in [-0.2, -0.15) is 0 Å². The van der Waals surface area contributed by atoms with Crippen molar-refractivity contribution in [3.8, 4) is 0 Å². The predicted molar refractivity (Wildman–Crippen MR) is 65.3 cm³/mol. The van der Waals surface area contributed by atoms with E-state index in [1.807, 2.05) is 13.8 Å². The zero-order chi connectivity index (χ0) is 14.2. The van der Waals surface area contributed by atoms with Crippen LogP contribution in [0.2, 0.25) is 0 Å². The van der Waals surface area contributed by atoms with Crippen molar-refractivity contribution in [2.24, 2.45) is 5.41 Å². The van der Waals surface area contributed by atoms with E-state index in [0.717, 1.165) is 6.42 Å². The summed E-state index contributed by atoms with van der Waals surface area (Å²) < 4.78 is 4.96. The first-order chi connectivity index (χ1) is 8.32. The number of aliphatic carboxylic acids is 1. The number of carbonyl (C=O) groups excluding carboxylic acids is 1. The molecule has 0 fully saturated rings. The highest BCUT2D eigenvalue weighted by molar-refractivity contribution is 5.82. The summed E-state index contributed by atoms with van der Waals surface area (Å²) in [7, 11) is 1.61. The summed E-state index contributed by atoms with van der Waals surface area (Å²) in [4.78, 5) is 22.0. The molecule has 7 nitrogen and oxygen atoms in total. The van der Waals surface area contributed by atoms with Gasteiger partial charge in [0.1, 0.15) is 0 Å². The molecule has 0 spiro atoms. The minimum absolute atomic E-state index is 0.148. The number of carbonyl (C=O) groups is 2. The quantitative estimate of drug-likeness (QED) is 0.484. The van der Waals surface area contributed by atoms with Crippen LogP contribution in [0.15, 0.2) is 0 Å². The van der Waals surface area contributed by atoms with Gasteiger partial charge in [-0.3, -0.25) is 0 Å². The maximum atomic E-state index is 11.4. The zero-order valence-corrected chi connectivity index (χ0v) is 11.0. The Morgan fingerprint density at radius 2 is 2.00 bits per heavy atom. The van der Waals surface area contributed by atoms with E-state index in [0.29, 0.717) is 13.2 Å². The van der Waals surface area contributed by atoms with Crippen molar-refractivity contribution in [1.82, 2.24) is 10.6 Å². The Hall–Kier alpha value is -1.34. The number of carboxylic acid groups (broad SMARTS) is 1. The third-order valence-corrected chi connectivity index (χ3v) is 2.50. The Labute approximate surface area is 107 Å². The summed E-state index contributed by atoms with van der Waals surface area (Å²) in [6.45, 7) is 4.26. The van der Waals surface area contributed by atoms with E-state index in [1.165, 1.54) is 0 Å². The molecule has 1 unspecified atom stereocenters. The molecule has 0 aromatic carbocycles. The number of carboxylic acids is 1. The van der Waals surface area contributed by atoms with E-state index in [9.17, 15) is 9.59 Å². The SMILES string of the molecule is COCCC(C)(C)CNC(=O)NC(CO)C(=O)O. The monoisotopic (exact) mass is 262 g/mol. The predicted octanol–water partition coefficient (Wildman–Crippen LogP) is -0.206. The van der Waals surface area contributed by atoms with Crippen molar-refractivity contribution in [1.29, 1.82) is 0 Å². The minimum atomic E-state index is -1.29. The third-order valence-electron chi connectivity index (χ3n) is 2.50. The first kappa shape index (κ1) is 16.7. The lowest BCUT2D eigenvalue weighted by molar-refractivity contribution is -0.140. The summed E-state index contributed by atoms with van der Waals surface area (Å²) in [6.07, 6.45) is 0.770. The highest BCUT2D eigenvalue weighted by Crippen LogP contribution is 2.18. The molecule has 0 rings (SSSR count). The molecule has 0 radical (unpaired) electrons.